The minimum atomic E-state index is -0.415. The first-order valence-corrected chi connectivity index (χ1v) is 10.4. The molecule has 2 aliphatic heterocycles. The molecule has 1 saturated heterocycles. The average Bonchev–Trinajstić information content (AvgIpc) is 2.62. The van der Waals surface area contributed by atoms with Crippen LogP contribution in [0, 0.1) is 0 Å². The maximum atomic E-state index is 12.4. The van der Waals surface area contributed by atoms with Gasteiger partial charge in [0.05, 0.1) is 10.9 Å². The van der Waals surface area contributed by atoms with Crippen molar-refractivity contribution in [2.75, 3.05) is 25.0 Å². The van der Waals surface area contributed by atoms with Gasteiger partial charge < -0.3 is 10.6 Å². The molecule has 0 bridgehead atoms. The number of thioether (sulfide) groups is 1. The molecule has 1 atom stereocenters. The number of carbonyl (C=O) groups excluding carboxylic acids is 2. The summed E-state index contributed by atoms with van der Waals surface area (Å²) in [5.41, 5.74) is 0.650. The van der Waals surface area contributed by atoms with Gasteiger partial charge in [-0.3, -0.25) is 14.5 Å². The number of piperidine rings is 1. The molecule has 7 heteroatoms. The minimum absolute atomic E-state index is 0.0681. The van der Waals surface area contributed by atoms with Crippen LogP contribution >= 0.6 is 23.4 Å². The van der Waals surface area contributed by atoms with Crippen LogP contribution in [0.3, 0.4) is 0 Å². The number of hydrogen-bond donors (Lipinski definition) is 2. The Morgan fingerprint density at radius 2 is 2.08 bits per heavy atom. The first-order valence-electron chi connectivity index (χ1n) is 9.14. The summed E-state index contributed by atoms with van der Waals surface area (Å²) >= 11 is 7.39. The molecule has 2 heterocycles. The van der Waals surface area contributed by atoms with Gasteiger partial charge in [-0.05, 0) is 58.0 Å². The Balaban J connectivity index is 1.53. The van der Waals surface area contributed by atoms with E-state index in [4.69, 9.17) is 11.6 Å². The second-order valence-corrected chi connectivity index (χ2v) is 9.26. The van der Waals surface area contributed by atoms with E-state index in [-0.39, 0.29) is 23.8 Å². The molecule has 2 amide bonds. The zero-order valence-corrected chi connectivity index (χ0v) is 16.9. The highest BCUT2D eigenvalue weighted by Crippen LogP contribution is 2.38. The van der Waals surface area contributed by atoms with E-state index in [0.29, 0.717) is 11.6 Å². The number of fused-ring (bicyclic) bond motifs is 1. The van der Waals surface area contributed by atoms with Crippen molar-refractivity contribution in [1.29, 1.82) is 0 Å². The highest BCUT2D eigenvalue weighted by molar-refractivity contribution is 8.01. The molecule has 1 fully saturated rings. The monoisotopic (exact) mass is 395 g/mol. The number of benzene rings is 1. The van der Waals surface area contributed by atoms with Crippen molar-refractivity contribution >= 4 is 40.9 Å². The average molecular weight is 396 g/mol. The van der Waals surface area contributed by atoms with Gasteiger partial charge in [0, 0.05) is 28.4 Å². The number of halogens is 1. The van der Waals surface area contributed by atoms with E-state index in [0.717, 1.165) is 23.7 Å². The number of hydrogen-bond acceptors (Lipinski definition) is 4. The van der Waals surface area contributed by atoms with Crippen molar-refractivity contribution in [3.63, 3.8) is 0 Å². The molecule has 5 nitrogen and oxygen atoms in total. The van der Waals surface area contributed by atoms with Crippen LogP contribution in [-0.2, 0) is 9.59 Å². The first kappa shape index (κ1) is 19.5. The van der Waals surface area contributed by atoms with Gasteiger partial charge >= 0.3 is 0 Å². The summed E-state index contributed by atoms with van der Waals surface area (Å²) in [6.07, 6.45) is 3.91. The number of carbonyl (C=O) groups is 2. The molecule has 0 aliphatic carbocycles. The molecule has 2 N–H and O–H groups in total. The lowest BCUT2D eigenvalue weighted by Crippen LogP contribution is -2.53. The van der Waals surface area contributed by atoms with Crippen LogP contribution in [0.25, 0.3) is 0 Å². The van der Waals surface area contributed by atoms with Crippen molar-refractivity contribution in [3.05, 3.63) is 23.2 Å². The fraction of sp³-hybridized carbons (Fsp3) is 0.579. The van der Waals surface area contributed by atoms with Gasteiger partial charge in [0.2, 0.25) is 11.8 Å². The summed E-state index contributed by atoms with van der Waals surface area (Å²) in [7, 11) is 0. The lowest BCUT2D eigenvalue weighted by Gasteiger charge is -2.41. The fourth-order valence-electron chi connectivity index (χ4n) is 3.42. The van der Waals surface area contributed by atoms with E-state index in [1.165, 1.54) is 31.0 Å². The van der Waals surface area contributed by atoms with Crippen LogP contribution in [0.2, 0.25) is 5.02 Å². The van der Waals surface area contributed by atoms with Gasteiger partial charge in [-0.15, -0.1) is 11.8 Å². The van der Waals surface area contributed by atoms with Gasteiger partial charge in [0.1, 0.15) is 0 Å². The molecule has 26 heavy (non-hydrogen) atoms. The zero-order valence-electron chi connectivity index (χ0n) is 15.3. The lowest BCUT2D eigenvalue weighted by molar-refractivity contribution is -0.124. The highest BCUT2D eigenvalue weighted by atomic mass is 35.5. The summed E-state index contributed by atoms with van der Waals surface area (Å²) in [4.78, 5) is 28.1. The summed E-state index contributed by atoms with van der Waals surface area (Å²) in [6, 6.07) is 5.41. The lowest BCUT2D eigenvalue weighted by atomic mass is 9.98. The quantitative estimate of drug-likeness (QED) is 0.800. The van der Waals surface area contributed by atoms with Crippen molar-refractivity contribution < 1.29 is 9.59 Å². The molecule has 1 aromatic rings. The molecule has 0 spiro atoms. The number of nitrogens with zero attached hydrogens (tertiary/aromatic N) is 1. The molecular weight excluding hydrogens is 370 g/mol. The van der Waals surface area contributed by atoms with Crippen molar-refractivity contribution in [1.82, 2.24) is 10.2 Å². The van der Waals surface area contributed by atoms with Gasteiger partial charge in [0.15, 0.2) is 0 Å². The molecule has 2 aliphatic rings. The standard InChI is InChI=1S/C19H26ClN3O2S/c1-19(2,23-8-4-3-5-9-23)12-21-17(24)11-16-18(25)22-14-10-13(20)6-7-15(14)26-16/h6-7,10,16H,3-5,8-9,11-12H2,1-2H3,(H,21,24)(H,22,25)/t16-/m1/s1. The third-order valence-corrected chi connectivity index (χ3v) is 6.57. The maximum absolute atomic E-state index is 12.4. The SMILES string of the molecule is CC(C)(CNC(=O)C[C@H]1Sc2ccc(Cl)cc2NC1=O)N1CCCCC1. The highest BCUT2D eigenvalue weighted by Gasteiger charge is 2.31. The van der Waals surface area contributed by atoms with E-state index >= 15 is 0 Å². The second-order valence-electron chi connectivity index (χ2n) is 7.58. The van der Waals surface area contributed by atoms with E-state index in [2.05, 4.69) is 29.4 Å². The predicted molar refractivity (Wildman–Crippen MR) is 107 cm³/mol. The molecular formula is C19H26ClN3O2S. The van der Waals surface area contributed by atoms with Crippen LogP contribution in [0.5, 0.6) is 0 Å². The Hall–Kier alpha value is -1.24. The van der Waals surface area contributed by atoms with E-state index in [9.17, 15) is 9.59 Å². The summed E-state index contributed by atoms with van der Waals surface area (Å²) < 4.78 is 0. The van der Waals surface area contributed by atoms with E-state index in [1.807, 2.05) is 6.07 Å². The second kappa shape index (κ2) is 8.19. The summed E-state index contributed by atoms with van der Waals surface area (Å²) in [5, 5.41) is 6.04. The Morgan fingerprint density at radius 3 is 2.81 bits per heavy atom. The Labute approximate surface area is 164 Å². The molecule has 0 unspecified atom stereocenters. The Kier molecular flexibility index (Phi) is 6.15. The Bertz CT molecular complexity index is 689. The van der Waals surface area contributed by atoms with E-state index in [1.54, 1.807) is 12.1 Å². The van der Waals surface area contributed by atoms with Crippen LogP contribution < -0.4 is 10.6 Å². The number of nitrogens with one attached hydrogen (secondary N) is 2. The molecule has 1 aromatic carbocycles. The molecule has 0 aromatic heterocycles. The number of rotatable bonds is 5. The molecule has 0 radical (unpaired) electrons. The maximum Gasteiger partial charge on any atom is 0.238 e. The van der Waals surface area contributed by atoms with Crippen molar-refractivity contribution in [3.8, 4) is 0 Å². The van der Waals surface area contributed by atoms with Crippen LogP contribution in [0.4, 0.5) is 5.69 Å². The topological polar surface area (TPSA) is 61.4 Å². The van der Waals surface area contributed by atoms with Crippen LogP contribution in [0.15, 0.2) is 23.1 Å². The van der Waals surface area contributed by atoms with Gasteiger partial charge in [-0.25, -0.2) is 0 Å². The summed E-state index contributed by atoms with van der Waals surface area (Å²) in [6.45, 7) is 7.10. The van der Waals surface area contributed by atoms with Gasteiger partial charge in [-0.1, -0.05) is 18.0 Å². The first-order chi connectivity index (χ1) is 12.3. The van der Waals surface area contributed by atoms with Crippen LogP contribution in [0.1, 0.15) is 39.5 Å². The number of anilines is 1. The Morgan fingerprint density at radius 1 is 1.35 bits per heavy atom. The summed E-state index contributed by atoms with van der Waals surface area (Å²) in [5.74, 6) is -0.227. The largest absolute Gasteiger partial charge is 0.354 e. The molecule has 142 valence electrons. The fourth-order valence-corrected chi connectivity index (χ4v) is 4.69. The minimum Gasteiger partial charge on any atom is -0.354 e. The van der Waals surface area contributed by atoms with Gasteiger partial charge in [0.25, 0.3) is 0 Å². The zero-order chi connectivity index (χ0) is 18.7. The van der Waals surface area contributed by atoms with Crippen molar-refractivity contribution in [2.45, 2.75) is 55.2 Å². The normalized spacial score (nSPS) is 21.0. The third kappa shape index (κ3) is 4.72. The van der Waals surface area contributed by atoms with Gasteiger partial charge in [-0.2, -0.15) is 0 Å². The number of likely N-dealkylation sites (tertiary alicyclic amines) is 1. The van der Waals surface area contributed by atoms with Crippen molar-refractivity contribution in [2.24, 2.45) is 0 Å². The van der Waals surface area contributed by atoms with Crippen LogP contribution in [-0.4, -0.2) is 47.1 Å². The third-order valence-electron chi connectivity index (χ3n) is 5.06. The molecule has 0 saturated carbocycles. The molecule has 3 rings (SSSR count). The van der Waals surface area contributed by atoms with E-state index < -0.39 is 5.25 Å². The number of amides is 2. The smallest absolute Gasteiger partial charge is 0.238 e. The predicted octanol–water partition coefficient (Wildman–Crippen LogP) is 3.52.